The Hall–Kier alpha value is -2.06. The highest BCUT2D eigenvalue weighted by Gasteiger charge is 2.64. The van der Waals surface area contributed by atoms with E-state index in [2.05, 4.69) is 48.9 Å². The number of carbonyl (C=O) groups excluding carboxylic acids is 1. The maximum atomic E-state index is 11.3. The second kappa shape index (κ2) is 7.81. The van der Waals surface area contributed by atoms with Crippen molar-refractivity contribution in [1.29, 1.82) is 0 Å². The normalized spacial score (nSPS) is 27.0. The minimum Gasteiger partial charge on any atom is -0.385 e. The molecule has 1 amide bonds. The minimum atomic E-state index is -1.25. The molecule has 2 aliphatic heterocycles. The molecule has 12 heteroatoms. The summed E-state index contributed by atoms with van der Waals surface area (Å²) in [6, 6.07) is 8.08. The van der Waals surface area contributed by atoms with Gasteiger partial charge in [0.15, 0.2) is 28.9 Å². The van der Waals surface area contributed by atoms with Crippen LogP contribution in [0.5, 0.6) is 0 Å². The summed E-state index contributed by atoms with van der Waals surface area (Å²) in [4.78, 5) is 25.7. The van der Waals surface area contributed by atoms with E-state index in [1.54, 1.807) is 17.9 Å². The van der Waals surface area contributed by atoms with Gasteiger partial charge in [0.2, 0.25) is 11.7 Å². The second-order valence-electron chi connectivity index (χ2n) is 7.44. The van der Waals surface area contributed by atoms with Gasteiger partial charge in [0, 0.05) is 17.2 Å². The Balaban J connectivity index is 1.47. The van der Waals surface area contributed by atoms with Gasteiger partial charge in [0.1, 0.15) is 12.2 Å². The number of ether oxygens (including phenoxy) is 2. The molecule has 31 heavy (non-hydrogen) atoms. The van der Waals surface area contributed by atoms with Gasteiger partial charge in [-0.1, -0.05) is 12.1 Å². The molecule has 2 fully saturated rings. The Labute approximate surface area is 195 Å². The van der Waals surface area contributed by atoms with Crippen LogP contribution in [0.3, 0.4) is 0 Å². The molecule has 0 aliphatic carbocycles. The number of hydrogen-bond donors (Lipinski definition) is 2. The lowest BCUT2D eigenvalue weighted by molar-refractivity contribution is -0.222. The number of likely N-dealkylation sites (N-methyl/N-ethyl adjacent to an activating group) is 1. The third-order valence-corrected chi connectivity index (χ3v) is 6.47. The summed E-state index contributed by atoms with van der Waals surface area (Å²) in [5.74, 6) is 0.483. The Morgan fingerprint density at radius 3 is 3.10 bits per heavy atom. The summed E-state index contributed by atoms with van der Waals surface area (Å²) >= 11 is 8.46. The average molecular weight is 557 g/mol. The van der Waals surface area contributed by atoms with Crippen molar-refractivity contribution in [3.8, 4) is 0 Å². The Morgan fingerprint density at radius 2 is 2.32 bits per heavy atom. The van der Waals surface area contributed by atoms with Crippen molar-refractivity contribution in [2.45, 2.75) is 30.7 Å². The van der Waals surface area contributed by atoms with Crippen molar-refractivity contribution in [1.82, 2.24) is 24.4 Å². The van der Waals surface area contributed by atoms with Gasteiger partial charge in [-0.3, -0.25) is 9.36 Å². The molecule has 0 radical (unpaired) electrons. The van der Waals surface area contributed by atoms with Gasteiger partial charge in [-0.05, 0) is 51.9 Å². The Kier molecular flexibility index (Phi) is 5.25. The number of aliphatic hydroxyl groups is 1. The molecule has 3 aromatic rings. The van der Waals surface area contributed by atoms with Crippen molar-refractivity contribution in [3.63, 3.8) is 0 Å². The first-order valence-corrected chi connectivity index (χ1v) is 10.9. The summed E-state index contributed by atoms with van der Waals surface area (Å²) in [5, 5.41) is 14.0. The lowest BCUT2D eigenvalue weighted by atomic mass is 10.1. The van der Waals surface area contributed by atoms with Gasteiger partial charge in [0.05, 0.1) is 12.9 Å². The fourth-order valence-corrected chi connectivity index (χ4v) is 4.77. The zero-order valence-electron chi connectivity index (χ0n) is 16.3. The molecule has 4 atom stereocenters. The molecule has 2 N–H and O–H groups in total. The number of nitrogens with zero attached hydrogens (tertiary/aromatic N) is 5. The van der Waals surface area contributed by atoms with Crippen LogP contribution in [0, 0.1) is 3.57 Å². The largest absolute Gasteiger partial charge is 0.385 e. The lowest BCUT2D eigenvalue weighted by Gasteiger charge is -2.36. The van der Waals surface area contributed by atoms with Crippen LogP contribution < -0.4 is 5.32 Å². The molecule has 4 heterocycles. The van der Waals surface area contributed by atoms with Crippen LogP contribution in [0.25, 0.3) is 11.2 Å². The smallest absolute Gasteiger partial charge is 0.226 e. The third-order valence-electron chi connectivity index (χ3n) is 5.63. The molecule has 2 aromatic heterocycles. The van der Waals surface area contributed by atoms with E-state index in [1.165, 1.54) is 4.90 Å². The van der Waals surface area contributed by atoms with Gasteiger partial charge < -0.3 is 24.8 Å². The molecule has 0 spiro atoms. The van der Waals surface area contributed by atoms with E-state index in [1.807, 2.05) is 18.2 Å². The highest BCUT2D eigenvalue weighted by atomic mass is 127. The lowest BCUT2D eigenvalue weighted by Crippen LogP contribution is -2.53. The number of hydrogen-bond acceptors (Lipinski definition) is 8. The topological polar surface area (TPSA) is 115 Å². The van der Waals surface area contributed by atoms with E-state index in [9.17, 15) is 9.90 Å². The first kappa shape index (κ1) is 20.8. The number of anilines is 1. The zero-order chi connectivity index (χ0) is 21.8. The van der Waals surface area contributed by atoms with E-state index < -0.39 is 24.2 Å². The third kappa shape index (κ3) is 3.35. The minimum absolute atomic E-state index is 0.0451. The van der Waals surface area contributed by atoms with Crippen molar-refractivity contribution < 1.29 is 19.4 Å². The molecule has 2 bridgehead atoms. The number of carbonyl (C=O) groups is 1. The number of fused-ring (bicyclic) bond motifs is 3. The monoisotopic (exact) mass is 556 g/mol. The molecule has 162 valence electrons. The number of rotatable bonds is 6. The number of halogens is 2. The van der Waals surface area contributed by atoms with Crippen molar-refractivity contribution in [3.05, 3.63) is 45.0 Å². The van der Waals surface area contributed by atoms with Crippen molar-refractivity contribution in [2.75, 3.05) is 19.0 Å². The van der Waals surface area contributed by atoms with E-state index in [-0.39, 0.29) is 11.9 Å². The van der Waals surface area contributed by atoms with E-state index in [4.69, 9.17) is 21.1 Å². The van der Waals surface area contributed by atoms with Gasteiger partial charge in [-0.25, -0.2) is 4.98 Å². The number of benzene rings is 1. The van der Waals surface area contributed by atoms with E-state index in [0.29, 0.717) is 29.9 Å². The number of aromatic nitrogens is 4. The van der Waals surface area contributed by atoms with Crippen molar-refractivity contribution >= 4 is 57.6 Å². The predicted octanol–water partition coefficient (Wildman–Crippen LogP) is 1.77. The summed E-state index contributed by atoms with van der Waals surface area (Å²) < 4.78 is 14.6. The molecular weight excluding hydrogens is 539 g/mol. The van der Waals surface area contributed by atoms with Crippen molar-refractivity contribution in [2.24, 2.45) is 0 Å². The Morgan fingerprint density at radius 1 is 1.48 bits per heavy atom. The zero-order valence-corrected chi connectivity index (χ0v) is 19.2. The number of amides is 1. The number of imidazole rings is 1. The molecule has 0 saturated carbocycles. The van der Waals surface area contributed by atoms with Crippen LogP contribution >= 0.6 is 34.2 Å². The summed E-state index contributed by atoms with van der Waals surface area (Å²) in [7, 11) is 1.54. The second-order valence-corrected chi connectivity index (χ2v) is 9.02. The van der Waals surface area contributed by atoms with E-state index >= 15 is 0 Å². The van der Waals surface area contributed by atoms with Crippen LogP contribution in [-0.2, 0) is 20.8 Å². The molecule has 1 aromatic carbocycles. The SMILES string of the molecule is CN(C=O)[C@]12CO[C@@H]([C@H](n3cnc4c(NCc5cccc(I)c5)nc(Cl)nc43)O1)[C@@H]2O. The molecule has 5 rings (SSSR count). The molecule has 2 saturated heterocycles. The summed E-state index contributed by atoms with van der Waals surface area (Å²) in [6.45, 7) is 0.611. The number of nitrogens with one attached hydrogen (secondary N) is 1. The maximum Gasteiger partial charge on any atom is 0.226 e. The van der Waals surface area contributed by atoms with Gasteiger partial charge >= 0.3 is 0 Å². The maximum absolute atomic E-state index is 11.3. The van der Waals surface area contributed by atoms with Gasteiger partial charge in [-0.2, -0.15) is 9.97 Å². The quantitative estimate of drug-likeness (QED) is 0.268. The number of aliphatic hydroxyl groups excluding tert-OH is 1. The van der Waals surface area contributed by atoms with E-state index in [0.717, 1.165) is 9.13 Å². The van der Waals surface area contributed by atoms with Crippen LogP contribution in [-0.4, -0.2) is 67.5 Å². The molecular formula is C19H18ClIN6O4. The fraction of sp³-hybridized carbons (Fsp3) is 0.368. The first-order chi connectivity index (χ1) is 14.9. The summed E-state index contributed by atoms with van der Waals surface area (Å²) in [6.07, 6.45) is -0.278. The standard InChI is InChI=1S/C19H18ClIN6O4/c1-26(9-28)19-7-30-13(14(19)29)17(31-19)27-8-23-12-15(24-18(20)25-16(12)27)22-6-10-3-2-4-11(21)5-10/h2-5,8-9,13-14,17,29H,6-7H2,1H3,(H,22,24,25)/t13-,14+,17-,19-/m1/s1. The Bertz CT molecular complexity index is 1160. The van der Waals surface area contributed by atoms with Gasteiger partial charge in [-0.15, -0.1) is 0 Å². The highest BCUT2D eigenvalue weighted by molar-refractivity contribution is 14.1. The fourth-order valence-electron chi connectivity index (χ4n) is 4.00. The van der Waals surface area contributed by atoms with Crippen LogP contribution in [0.15, 0.2) is 30.6 Å². The van der Waals surface area contributed by atoms with Crippen LogP contribution in [0.1, 0.15) is 11.8 Å². The van der Waals surface area contributed by atoms with Gasteiger partial charge in [0.25, 0.3) is 0 Å². The first-order valence-electron chi connectivity index (χ1n) is 9.47. The average Bonchev–Trinajstić information content (AvgIpc) is 3.41. The molecule has 0 unspecified atom stereocenters. The molecule has 10 nitrogen and oxygen atoms in total. The van der Waals surface area contributed by atoms with Crippen LogP contribution in [0.4, 0.5) is 5.82 Å². The highest BCUT2D eigenvalue weighted by Crippen LogP contribution is 2.46. The molecule has 2 aliphatic rings. The summed E-state index contributed by atoms with van der Waals surface area (Å²) in [5.41, 5.74) is 0.771. The van der Waals surface area contributed by atoms with Crippen LogP contribution in [0.2, 0.25) is 5.28 Å². The predicted molar refractivity (Wildman–Crippen MR) is 119 cm³/mol.